The van der Waals surface area contributed by atoms with Crippen LogP contribution >= 0.6 is 0 Å². The average Bonchev–Trinajstić information content (AvgIpc) is 3.15. The van der Waals surface area contributed by atoms with Crippen LogP contribution < -0.4 is 15.8 Å². The van der Waals surface area contributed by atoms with Gasteiger partial charge in [0.25, 0.3) is 0 Å². The number of hydrogen-bond donors (Lipinski definition) is 1. The van der Waals surface area contributed by atoms with Crippen molar-refractivity contribution >= 4 is 11.6 Å². The minimum absolute atomic E-state index is 0.149. The van der Waals surface area contributed by atoms with E-state index in [0.29, 0.717) is 5.56 Å². The molecule has 1 aliphatic heterocycles. The van der Waals surface area contributed by atoms with E-state index in [1.54, 1.807) is 6.20 Å². The van der Waals surface area contributed by atoms with Gasteiger partial charge in [-0.15, -0.1) is 0 Å². The van der Waals surface area contributed by atoms with E-state index in [4.69, 9.17) is 4.52 Å². The Labute approximate surface area is 128 Å². The van der Waals surface area contributed by atoms with E-state index < -0.39 is 5.63 Å². The second-order valence-electron chi connectivity index (χ2n) is 5.47. The van der Waals surface area contributed by atoms with Crippen LogP contribution in [0.1, 0.15) is 19.8 Å². The molecule has 0 saturated carbocycles. The van der Waals surface area contributed by atoms with Crippen molar-refractivity contribution in [2.75, 3.05) is 18.0 Å². The van der Waals surface area contributed by atoms with Crippen LogP contribution in [0.2, 0.25) is 0 Å². The summed E-state index contributed by atoms with van der Waals surface area (Å²) in [4.78, 5) is 25.2. The fourth-order valence-electron chi connectivity index (χ4n) is 2.67. The third kappa shape index (κ3) is 3.05. The molecule has 0 bridgehead atoms. The van der Waals surface area contributed by atoms with Crippen molar-refractivity contribution in [3.63, 3.8) is 0 Å². The lowest BCUT2D eigenvalue weighted by Gasteiger charge is -2.17. The topological polar surface area (TPSA) is 67.5 Å². The Morgan fingerprint density at radius 1 is 1.23 bits per heavy atom. The minimum atomic E-state index is -0.403. The van der Waals surface area contributed by atoms with Gasteiger partial charge in [0, 0.05) is 25.7 Å². The fraction of sp³-hybridized carbons (Fsp3) is 0.375. The monoisotopic (exact) mass is 301 g/mol. The molecule has 0 unspecified atom stereocenters. The van der Waals surface area contributed by atoms with Gasteiger partial charge in [-0.3, -0.25) is 4.79 Å². The molecule has 22 heavy (non-hydrogen) atoms. The van der Waals surface area contributed by atoms with Gasteiger partial charge < -0.3 is 14.7 Å². The predicted octanol–water partition coefficient (Wildman–Crippen LogP) is 1.80. The number of nitrogens with one attached hydrogen (secondary N) is 1. The molecule has 1 fully saturated rings. The van der Waals surface area contributed by atoms with E-state index in [1.807, 2.05) is 24.3 Å². The van der Waals surface area contributed by atoms with Crippen LogP contribution in [0.3, 0.4) is 0 Å². The van der Waals surface area contributed by atoms with Crippen LogP contribution in [0, 0.1) is 0 Å². The van der Waals surface area contributed by atoms with Crippen LogP contribution in [-0.4, -0.2) is 23.7 Å². The second-order valence-corrected chi connectivity index (χ2v) is 5.47. The largest absolute Gasteiger partial charge is 0.372 e. The first kappa shape index (κ1) is 14.4. The molecule has 6 nitrogen and oxygen atoms in total. The highest BCUT2D eigenvalue weighted by Crippen LogP contribution is 2.24. The zero-order valence-corrected chi connectivity index (χ0v) is 12.5. The molecule has 0 spiro atoms. The van der Waals surface area contributed by atoms with E-state index in [-0.39, 0.29) is 12.6 Å². The summed E-state index contributed by atoms with van der Waals surface area (Å²) in [5, 5.41) is 2.58. The summed E-state index contributed by atoms with van der Waals surface area (Å²) >= 11 is 0. The molecule has 1 aromatic carbocycles. The third-order valence-corrected chi connectivity index (χ3v) is 3.83. The van der Waals surface area contributed by atoms with Crippen molar-refractivity contribution in [3.8, 4) is 11.1 Å². The molecule has 1 aromatic heterocycles. The van der Waals surface area contributed by atoms with Crippen molar-refractivity contribution in [2.24, 2.45) is 0 Å². The number of carbonyl (C=O) groups is 1. The Kier molecular flexibility index (Phi) is 4.00. The molecule has 2 heterocycles. The van der Waals surface area contributed by atoms with E-state index in [0.717, 1.165) is 18.7 Å². The lowest BCUT2D eigenvalue weighted by Crippen LogP contribution is -2.22. The summed E-state index contributed by atoms with van der Waals surface area (Å²) in [7, 11) is 0. The maximum absolute atomic E-state index is 11.9. The van der Waals surface area contributed by atoms with E-state index in [2.05, 4.69) is 10.2 Å². The van der Waals surface area contributed by atoms with Gasteiger partial charge in [-0.05, 0) is 30.5 Å². The number of anilines is 1. The molecule has 1 aliphatic rings. The lowest BCUT2D eigenvalue weighted by molar-refractivity contribution is -0.119. The summed E-state index contributed by atoms with van der Waals surface area (Å²) in [6, 6.07) is 7.93. The summed E-state index contributed by atoms with van der Waals surface area (Å²) in [6.45, 7) is 3.75. The smallest absolute Gasteiger partial charge is 0.365 e. The number of amides is 1. The zero-order valence-electron chi connectivity index (χ0n) is 12.5. The highest BCUT2D eigenvalue weighted by Gasteiger charge is 2.13. The number of nitrogens with zero attached hydrogens (tertiary/aromatic N) is 2. The highest BCUT2D eigenvalue weighted by atomic mass is 16.5. The lowest BCUT2D eigenvalue weighted by atomic mass is 10.1. The number of rotatable bonds is 4. The molecule has 6 heteroatoms. The van der Waals surface area contributed by atoms with Crippen molar-refractivity contribution in [3.05, 3.63) is 40.9 Å². The van der Waals surface area contributed by atoms with Gasteiger partial charge >= 0.3 is 5.63 Å². The van der Waals surface area contributed by atoms with E-state index in [9.17, 15) is 9.59 Å². The van der Waals surface area contributed by atoms with Crippen LogP contribution in [0.15, 0.2) is 39.8 Å². The number of aromatic nitrogens is 1. The normalized spacial score (nSPS) is 14.3. The summed E-state index contributed by atoms with van der Waals surface area (Å²) < 4.78 is 6.41. The van der Waals surface area contributed by atoms with Crippen molar-refractivity contribution < 1.29 is 9.32 Å². The van der Waals surface area contributed by atoms with Gasteiger partial charge in [0.2, 0.25) is 5.91 Å². The van der Waals surface area contributed by atoms with Crippen molar-refractivity contribution in [1.82, 2.24) is 10.1 Å². The van der Waals surface area contributed by atoms with Gasteiger partial charge in [-0.1, -0.05) is 12.1 Å². The van der Waals surface area contributed by atoms with E-state index >= 15 is 0 Å². The van der Waals surface area contributed by atoms with Gasteiger partial charge in [0.1, 0.15) is 6.67 Å². The molecule has 0 aliphatic carbocycles. The molecule has 1 saturated heterocycles. The van der Waals surface area contributed by atoms with Gasteiger partial charge in [0.05, 0.1) is 11.8 Å². The van der Waals surface area contributed by atoms with Gasteiger partial charge in [-0.25, -0.2) is 4.79 Å². The molecule has 1 amide bonds. The Morgan fingerprint density at radius 2 is 1.91 bits per heavy atom. The Bertz CT molecular complexity index is 709. The predicted molar refractivity (Wildman–Crippen MR) is 83.7 cm³/mol. The highest BCUT2D eigenvalue weighted by molar-refractivity contribution is 5.72. The second kappa shape index (κ2) is 6.09. The van der Waals surface area contributed by atoms with Crippen LogP contribution in [-0.2, 0) is 11.5 Å². The molecular weight excluding hydrogens is 282 g/mol. The average molecular weight is 301 g/mol. The van der Waals surface area contributed by atoms with Crippen LogP contribution in [0.5, 0.6) is 0 Å². The number of benzene rings is 1. The Morgan fingerprint density at radius 3 is 2.55 bits per heavy atom. The molecule has 0 radical (unpaired) electrons. The number of hydrogen-bond acceptors (Lipinski definition) is 4. The summed E-state index contributed by atoms with van der Waals surface area (Å²) in [5.74, 6) is -0.173. The van der Waals surface area contributed by atoms with Crippen molar-refractivity contribution in [2.45, 2.75) is 26.4 Å². The van der Waals surface area contributed by atoms with Crippen LogP contribution in [0.25, 0.3) is 11.1 Å². The first-order chi connectivity index (χ1) is 10.6. The molecule has 116 valence electrons. The Balaban J connectivity index is 1.78. The number of carbonyl (C=O) groups excluding carboxylic acids is 1. The van der Waals surface area contributed by atoms with Gasteiger partial charge in [0.15, 0.2) is 0 Å². The maximum Gasteiger partial charge on any atom is 0.365 e. The molecule has 2 aromatic rings. The molecular formula is C16H19N3O3. The quantitative estimate of drug-likeness (QED) is 0.935. The molecule has 1 N–H and O–H groups in total. The Hall–Kier alpha value is -2.50. The van der Waals surface area contributed by atoms with Crippen LogP contribution in [0.4, 0.5) is 5.69 Å². The maximum atomic E-state index is 11.9. The standard InChI is InChI=1S/C16H19N3O3/c1-12(20)17-11-19-10-15(16(21)22-19)13-4-6-14(7-5-13)18-8-2-3-9-18/h4-7,10H,2-3,8-9,11H2,1H3,(H,17,20). The van der Waals surface area contributed by atoms with Crippen molar-refractivity contribution in [1.29, 1.82) is 0 Å². The molecule has 3 rings (SSSR count). The summed E-state index contributed by atoms with van der Waals surface area (Å²) in [5.41, 5.74) is 2.10. The first-order valence-electron chi connectivity index (χ1n) is 7.44. The fourth-order valence-corrected chi connectivity index (χ4v) is 2.67. The minimum Gasteiger partial charge on any atom is -0.372 e. The summed E-state index contributed by atoms with van der Waals surface area (Å²) in [6.07, 6.45) is 4.08. The SMILES string of the molecule is CC(=O)NCn1cc(-c2ccc(N3CCCC3)cc2)c(=O)o1. The molecule has 0 atom stereocenters. The third-order valence-electron chi connectivity index (χ3n) is 3.83. The van der Waals surface area contributed by atoms with E-state index in [1.165, 1.54) is 30.2 Å². The van der Waals surface area contributed by atoms with Gasteiger partial charge in [-0.2, -0.15) is 4.74 Å². The first-order valence-corrected chi connectivity index (χ1v) is 7.44. The zero-order chi connectivity index (χ0) is 15.5.